The fourth-order valence-electron chi connectivity index (χ4n) is 1.13. The maximum atomic E-state index is 12.8. The van der Waals surface area contributed by atoms with Crippen molar-refractivity contribution in [2.24, 2.45) is 0 Å². The molecule has 0 atom stereocenters. The summed E-state index contributed by atoms with van der Waals surface area (Å²) in [4.78, 5) is 10.5. The number of carboxylic acids is 1. The normalized spacial score (nSPS) is 9.20. The van der Waals surface area contributed by atoms with Gasteiger partial charge in [-0.3, -0.25) is 4.79 Å². The molecule has 4 heteroatoms. The first-order chi connectivity index (χ1) is 7.13. The van der Waals surface area contributed by atoms with Gasteiger partial charge in [-0.1, -0.05) is 11.8 Å². The second-order valence-electron chi connectivity index (χ2n) is 2.83. The minimum atomic E-state index is -1.05. The Morgan fingerprint density at radius 3 is 2.80 bits per heavy atom. The van der Waals surface area contributed by atoms with E-state index in [-0.39, 0.29) is 13.0 Å². The minimum Gasteiger partial charge on any atom is -0.481 e. The molecule has 0 saturated heterocycles. The van der Waals surface area contributed by atoms with Crippen LogP contribution in [0.15, 0.2) is 18.2 Å². The maximum absolute atomic E-state index is 12.8. The summed E-state index contributed by atoms with van der Waals surface area (Å²) in [5, 5.41) is 17.1. The number of rotatable bonds is 2. The van der Waals surface area contributed by atoms with Crippen molar-refractivity contribution in [3.8, 4) is 11.8 Å². The quantitative estimate of drug-likeness (QED) is 0.707. The van der Waals surface area contributed by atoms with Crippen LogP contribution in [-0.4, -0.2) is 22.8 Å². The van der Waals surface area contributed by atoms with Crippen LogP contribution in [-0.2, 0) is 11.2 Å². The van der Waals surface area contributed by atoms with Crippen LogP contribution in [0.4, 0.5) is 4.39 Å². The molecule has 0 bridgehead atoms. The van der Waals surface area contributed by atoms with E-state index in [1.54, 1.807) is 0 Å². The van der Waals surface area contributed by atoms with Crippen molar-refractivity contribution in [1.29, 1.82) is 0 Å². The highest BCUT2D eigenvalue weighted by Crippen LogP contribution is 2.11. The third-order valence-corrected chi connectivity index (χ3v) is 1.71. The van der Waals surface area contributed by atoms with Gasteiger partial charge < -0.3 is 10.2 Å². The van der Waals surface area contributed by atoms with E-state index in [9.17, 15) is 9.18 Å². The molecule has 0 aliphatic rings. The Balaban J connectivity index is 3.08. The number of hydrogen-bond acceptors (Lipinski definition) is 2. The lowest BCUT2D eigenvalue weighted by Crippen LogP contribution is -2.02. The van der Waals surface area contributed by atoms with E-state index in [4.69, 9.17) is 10.2 Å². The van der Waals surface area contributed by atoms with Crippen LogP contribution >= 0.6 is 0 Å². The second-order valence-corrected chi connectivity index (χ2v) is 2.83. The van der Waals surface area contributed by atoms with Crippen molar-refractivity contribution in [2.75, 3.05) is 6.61 Å². The molecule has 0 aliphatic heterocycles. The molecule has 0 aliphatic carbocycles. The fourth-order valence-corrected chi connectivity index (χ4v) is 1.13. The van der Waals surface area contributed by atoms with Gasteiger partial charge in [0.2, 0.25) is 0 Å². The zero-order chi connectivity index (χ0) is 11.3. The van der Waals surface area contributed by atoms with E-state index in [1.165, 1.54) is 12.1 Å². The Bertz CT molecular complexity index is 429. The average molecular weight is 208 g/mol. The van der Waals surface area contributed by atoms with Gasteiger partial charge in [0.1, 0.15) is 12.4 Å². The third-order valence-electron chi connectivity index (χ3n) is 1.71. The van der Waals surface area contributed by atoms with Gasteiger partial charge >= 0.3 is 5.97 Å². The Labute approximate surface area is 86.2 Å². The van der Waals surface area contributed by atoms with Crippen LogP contribution in [0.25, 0.3) is 0 Å². The summed E-state index contributed by atoms with van der Waals surface area (Å²) >= 11 is 0. The van der Waals surface area contributed by atoms with Crippen molar-refractivity contribution in [3.63, 3.8) is 0 Å². The van der Waals surface area contributed by atoms with E-state index in [0.717, 1.165) is 6.07 Å². The molecule has 0 saturated carbocycles. The van der Waals surface area contributed by atoms with Gasteiger partial charge in [-0.15, -0.1) is 0 Å². The molecule has 0 aromatic heterocycles. The molecule has 0 radical (unpaired) electrons. The molecule has 0 fully saturated rings. The van der Waals surface area contributed by atoms with Gasteiger partial charge in [0, 0.05) is 5.56 Å². The first-order valence-electron chi connectivity index (χ1n) is 4.23. The van der Waals surface area contributed by atoms with Crippen LogP contribution in [0, 0.1) is 17.7 Å². The van der Waals surface area contributed by atoms with E-state index < -0.39 is 11.8 Å². The number of hydrogen-bond donors (Lipinski definition) is 2. The first-order valence-corrected chi connectivity index (χ1v) is 4.23. The number of benzene rings is 1. The number of aliphatic hydroxyl groups is 1. The van der Waals surface area contributed by atoms with Crippen LogP contribution < -0.4 is 0 Å². The standard InChI is InChI=1S/C11H9FO3/c12-10-4-3-8(2-1-5-13)9(6-10)7-11(14)15/h3-4,6,13H,5,7H2,(H,14,15). The number of carbonyl (C=O) groups is 1. The second kappa shape index (κ2) is 5.13. The van der Waals surface area contributed by atoms with Crippen LogP contribution in [0.3, 0.4) is 0 Å². The van der Waals surface area contributed by atoms with Crippen LogP contribution in [0.2, 0.25) is 0 Å². The van der Waals surface area contributed by atoms with Gasteiger partial charge in [-0.25, -0.2) is 4.39 Å². The average Bonchev–Trinajstić information content (AvgIpc) is 2.16. The SMILES string of the molecule is O=C(O)Cc1cc(F)ccc1C#CCO. The number of aliphatic hydroxyl groups excluding tert-OH is 1. The fraction of sp³-hybridized carbons (Fsp3) is 0.182. The summed E-state index contributed by atoms with van der Waals surface area (Å²) in [7, 11) is 0. The van der Waals surface area contributed by atoms with Gasteiger partial charge in [0.25, 0.3) is 0 Å². The first kappa shape index (κ1) is 11.2. The molecule has 1 rings (SSSR count). The lowest BCUT2D eigenvalue weighted by molar-refractivity contribution is -0.136. The van der Waals surface area contributed by atoms with Crippen LogP contribution in [0.1, 0.15) is 11.1 Å². The van der Waals surface area contributed by atoms with Crippen molar-refractivity contribution in [1.82, 2.24) is 0 Å². The molecule has 1 aromatic carbocycles. The van der Waals surface area contributed by atoms with Crippen molar-refractivity contribution in [2.45, 2.75) is 6.42 Å². The van der Waals surface area contributed by atoms with Gasteiger partial charge in [0.15, 0.2) is 0 Å². The number of halogens is 1. The van der Waals surface area contributed by atoms with E-state index >= 15 is 0 Å². The summed E-state index contributed by atoms with van der Waals surface area (Å²) < 4.78 is 12.8. The largest absolute Gasteiger partial charge is 0.481 e. The smallest absolute Gasteiger partial charge is 0.307 e. The predicted molar refractivity (Wildman–Crippen MR) is 51.7 cm³/mol. The highest BCUT2D eigenvalue weighted by Gasteiger charge is 2.06. The summed E-state index contributed by atoms with van der Waals surface area (Å²) in [6, 6.07) is 3.73. The van der Waals surface area contributed by atoms with Gasteiger partial charge in [0.05, 0.1) is 6.42 Å². The molecule has 78 valence electrons. The molecule has 3 nitrogen and oxygen atoms in total. The molecule has 2 N–H and O–H groups in total. The lowest BCUT2D eigenvalue weighted by atomic mass is 10.0. The highest BCUT2D eigenvalue weighted by atomic mass is 19.1. The van der Waals surface area contributed by atoms with E-state index in [1.807, 2.05) is 0 Å². The van der Waals surface area contributed by atoms with Gasteiger partial charge in [-0.2, -0.15) is 0 Å². The number of carboxylic acid groups (broad SMARTS) is 1. The van der Waals surface area contributed by atoms with Gasteiger partial charge in [-0.05, 0) is 23.8 Å². The monoisotopic (exact) mass is 208 g/mol. The summed E-state index contributed by atoms with van der Waals surface area (Å²) in [6.45, 7) is -0.316. The molecule has 0 heterocycles. The third kappa shape index (κ3) is 3.41. The molecule has 0 spiro atoms. The molecule has 1 aromatic rings. The molecule has 0 amide bonds. The van der Waals surface area contributed by atoms with E-state index in [0.29, 0.717) is 11.1 Å². The lowest BCUT2D eigenvalue weighted by Gasteiger charge is -2.01. The zero-order valence-corrected chi connectivity index (χ0v) is 7.83. The zero-order valence-electron chi connectivity index (χ0n) is 7.83. The molecule has 0 unspecified atom stereocenters. The number of aliphatic carboxylic acids is 1. The Hall–Kier alpha value is -1.86. The topological polar surface area (TPSA) is 57.5 Å². The predicted octanol–water partition coefficient (Wildman–Crippen LogP) is 0.797. The van der Waals surface area contributed by atoms with Crippen molar-refractivity contribution >= 4 is 5.97 Å². The summed E-state index contributed by atoms with van der Waals surface area (Å²) in [5.41, 5.74) is 0.733. The Morgan fingerprint density at radius 1 is 1.47 bits per heavy atom. The van der Waals surface area contributed by atoms with E-state index in [2.05, 4.69) is 11.8 Å². The Kier molecular flexibility index (Phi) is 3.83. The van der Waals surface area contributed by atoms with Crippen molar-refractivity contribution < 1.29 is 19.4 Å². The Morgan fingerprint density at radius 2 is 2.20 bits per heavy atom. The molecule has 15 heavy (non-hydrogen) atoms. The van der Waals surface area contributed by atoms with Crippen LogP contribution in [0.5, 0.6) is 0 Å². The summed E-state index contributed by atoms with van der Waals surface area (Å²) in [5.74, 6) is 3.41. The maximum Gasteiger partial charge on any atom is 0.307 e. The molecular formula is C11H9FO3. The molecular weight excluding hydrogens is 199 g/mol. The highest BCUT2D eigenvalue weighted by molar-refractivity contribution is 5.71. The summed E-state index contributed by atoms with van der Waals surface area (Å²) in [6.07, 6.45) is -0.285. The minimum absolute atomic E-state index is 0.285. The van der Waals surface area contributed by atoms with Crippen molar-refractivity contribution in [3.05, 3.63) is 35.1 Å².